The van der Waals surface area contributed by atoms with Gasteiger partial charge in [0.1, 0.15) is 11.4 Å². The van der Waals surface area contributed by atoms with Crippen molar-refractivity contribution in [1.82, 2.24) is 0 Å². The van der Waals surface area contributed by atoms with Crippen molar-refractivity contribution in [1.29, 1.82) is 0 Å². The van der Waals surface area contributed by atoms with Gasteiger partial charge in [-0.3, -0.25) is 14.5 Å². The Balaban J connectivity index is 1.63. The van der Waals surface area contributed by atoms with Crippen molar-refractivity contribution in [3.8, 4) is 5.75 Å². The zero-order valence-electron chi connectivity index (χ0n) is 20.4. The summed E-state index contributed by atoms with van der Waals surface area (Å²) in [6.07, 6.45) is 2.69. The van der Waals surface area contributed by atoms with Crippen LogP contribution >= 0.6 is 11.8 Å². The summed E-state index contributed by atoms with van der Waals surface area (Å²) in [6, 6.07) is 21.1. The lowest BCUT2D eigenvalue weighted by atomic mass is 10.1. The van der Waals surface area contributed by atoms with Crippen LogP contribution in [0, 0.1) is 13.8 Å². The number of aryl methyl sites for hydroxylation is 3. The van der Waals surface area contributed by atoms with Crippen molar-refractivity contribution in [2.45, 2.75) is 27.2 Å². The zero-order valence-corrected chi connectivity index (χ0v) is 21.2. The number of carbonyl (C=O) groups excluding carboxylic acids is 2. The molecule has 3 aromatic carbocycles. The number of ether oxygens (including phenoxy) is 1. The third kappa shape index (κ3) is 5.72. The summed E-state index contributed by atoms with van der Waals surface area (Å²) in [7, 11) is 1.61. The Hall–Kier alpha value is -3.64. The molecule has 1 aliphatic rings. The van der Waals surface area contributed by atoms with E-state index in [0.717, 1.165) is 34.5 Å². The minimum atomic E-state index is -0.215. The van der Waals surface area contributed by atoms with E-state index in [2.05, 4.69) is 18.0 Å². The smallest absolute Gasteiger partial charge is 0.283 e. The van der Waals surface area contributed by atoms with Crippen LogP contribution in [0.25, 0.3) is 6.08 Å². The van der Waals surface area contributed by atoms with Crippen LogP contribution < -0.4 is 9.64 Å². The topological polar surface area (TPSA) is 59.0 Å². The Kier molecular flexibility index (Phi) is 7.51. The molecule has 3 aromatic rings. The number of hydrogen-bond acceptors (Lipinski definition) is 5. The minimum absolute atomic E-state index is 0.000703. The second-order valence-electron chi connectivity index (χ2n) is 8.45. The molecule has 1 amide bonds. The molecule has 5 nitrogen and oxygen atoms in total. The van der Waals surface area contributed by atoms with Gasteiger partial charge in [-0.1, -0.05) is 61.2 Å². The Morgan fingerprint density at radius 1 is 1.00 bits per heavy atom. The fourth-order valence-electron chi connectivity index (χ4n) is 3.90. The van der Waals surface area contributed by atoms with Gasteiger partial charge >= 0.3 is 0 Å². The summed E-state index contributed by atoms with van der Waals surface area (Å²) in [6.45, 7) is 6.08. The molecule has 1 heterocycles. The Labute approximate surface area is 210 Å². The van der Waals surface area contributed by atoms with Crippen LogP contribution in [0.5, 0.6) is 5.75 Å². The maximum atomic E-state index is 13.5. The Morgan fingerprint density at radius 3 is 2.26 bits per heavy atom. The number of aliphatic imine (C=N–C) groups is 1. The molecule has 4 rings (SSSR count). The lowest BCUT2D eigenvalue weighted by Crippen LogP contribution is -2.31. The molecular formula is C29H28N2O3S. The van der Waals surface area contributed by atoms with Gasteiger partial charge in [0.2, 0.25) is 0 Å². The molecule has 0 atom stereocenters. The highest BCUT2D eigenvalue weighted by Gasteiger charge is 2.32. The first-order valence-corrected chi connectivity index (χ1v) is 12.5. The molecule has 35 heavy (non-hydrogen) atoms. The number of methoxy groups -OCH3 is 1. The van der Waals surface area contributed by atoms with E-state index in [1.165, 1.54) is 17.3 Å². The van der Waals surface area contributed by atoms with Gasteiger partial charge in [-0.2, -0.15) is 0 Å². The van der Waals surface area contributed by atoms with Crippen molar-refractivity contribution in [2.75, 3.05) is 17.8 Å². The normalized spacial score (nSPS) is 14.4. The lowest BCUT2D eigenvalue weighted by molar-refractivity contribution is -0.113. The van der Waals surface area contributed by atoms with Crippen LogP contribution in [0.3, 0.4) is 0 Å². The summed E-state index contributed by atoms with van der Waals surface area (Å²) in [4.78, 5) is 32.6. The van der Waals surface area contributed by atoms with Crippen molar-refractivity contribution in [3.05, 3.63) is 100 Å². The van der Waals surface area contributed by atoms with E-state index in [0.29, 0.717) is 16.4 Å². The number of Topliss-reactive ketones (excluding diaryl/α,β-unsaturated/α-hetero) is 1. The maximum Gasteiger partial charge on any atom is 0.283 e. The summed E-state index contributed by atoms with van der Waals surface area (Å²) >= 11 is 1.28. The molecule has 0 saturated carbocycles. The van der Waals surface area contributed by atoms with E-state index in [4.69, 9.17) is 4.74 Å². The van der Waals surface area contributed by atoms with Crippen molar-refractivity contribution in [3.63, 3.8) is 0 Å². The van der Waals surface area contributed by atoms with Crippen LogP contribution in [-0.2, 0) is 11.2 Å². The average molecular weight is 485 g/mol. The lowest BCUT2D eigenvalue weighted by Gasteiger charge is -2.19. The fraction of sp³-hybridized carbons (Fsp3) is 0.207. The molecule has 0 aliphatic carbocycles. The number of hydrogen-bond donors (Lipinski definition) is 0. The summed E-state index contributed by atoms with van der Waals surface area (Å²) < 4.78 is 5.22. The third-order valence-corrected chi connectivity index (χ3v) is 6.67. The third-order valence-electron chi connectivity index (χ3n) is 5.73. The second kappa shape index (κ2) is 10.7. The van der Waals surface area contributed by atoms with Gasteiger partial charge in [-0.25, -0.2) is 4.99 Å². The highest BCUT2D eigenvalue weighted by Crippen LogP contribution is 2.31. The maximum absolute atomic E-state index is 13.5. The molecule has 6 heteroatoms. The molecule has 0 N–H and O–H groups in total. The van der Waals surface area contributed by atoms with Crippen molar-refractivity contribution in [2.24, 2.45) is 4.99 Å². The van der Waals surface area contributed by atoms with E-state index in [-0.39, 0.29) is 17.4 Å². The summed E-state index contributed by atoms with van der Waals surface area (Å²) in [5.41, 5.74) is 5.87. The Morgan fingerprint density at radius 2 is 1.66 bits per heavy atom. The molecule has 0 aromatic heterocycles. The van der Waals surface area contributed by atoms with Gasteiger partial charge in [0, 0.05) is 5.56 Å². The van der Waals surface area contributed by atoms with Crippen molar-refractivity contribution < 1.29 is 14.3 Å². The van der Waals surface area contributed by atoms with Crippen LogP contribution in [0.2, 0.25) is 0 Å². The number of rotatable bonds is 7. The number of anilines is 1. The van der Waals surface area contributed by atoms with Gasteiger partial charge < -0.3 is 4.74 Å². The van der Waals surface area contributed by atoms with E-state index < -0.39 is 0 Å². The van der Waals surface area contributed by atoms with Gasteiger partial charge in [0.15, 0.2) is 11.0 Å². The molecule has 178 valence electrons. The van der Waals surface area contributed by atoms with Gasteiger partial charge in [0.25, 0.3) is 5.91 Å². The van der Waals surface area contributed by atoms with E-state index >= 15 is 0 Å². The number of amides is 1. The fourth-order valence-corrected chi connectivity index (χ4v) is 4.81. The molecular weight excluding hydrogens is 456 g/mol. The highest BCUT2D eigenvalue weighted by atomic mass is 32.2. The first kappa shape index (κ1) is 24.5. The first-order valence-electron chi connectivity index (χ1n) is 11.5. The molecule has 0 saturated heterocycles. The summed E-state index contributed by atoms with van der Waals surface area (Å²) in [5, 5.41) is 0.498. The number of benzene rings is 3. The van der Waals surface area contributed by atoms with Gasteiger partial charge in [-0.15, -0.1) is 0 Å². The summed E-state index contributed by atoms with van der Waals surface area (Å²) in [5.74, 6) is 0.718. The zero-order chi connectivity index (χ0) is 24.9. The van der Waals surface area contributed by atoms with Crippen LogP contribution in [0.1, 0.15) is 39.5 Å². The SMILES string of the molecule is CCc1ccc(C(=O)CSC2=N/C(=C/c3ccc(OC)cc3)C(=O)N2c2cc(C)cc(C)c2)cc1. The predicted molar refractivity (Wildman–Crippen MR) is 144 cm³/mol. The highest BCUT2D eigenvalue weighted by molar-refractivity contribution is 8.14. The standard InChI is InChI=1S/C29H28N2O3S/c1-5-21-6-10-23(11-7-21)27(32)18-35-29-30-26(17-22-8-12-25(34-4)13-9-22)28(33)31(29)24-15-19(2)14-20(3)16-24/h6-17H,5,18H2,1-4H3/b26-17+. The number of thioether (sulfide) groups is 1. The number of amidine groups is 1. The quantitative estimate of drug-likeness (QED) is 0.294. The predicted octanol–water partition coefficient (Wildman–Crippen LogP) is 6.23. The molecule has 0 fully saturated rings. The van der Waals surface area contributed by atoms with Gasteiger partial charge in [0.05, 0.1) is 18.6 Å². The molecule has 0 spiro atoms. The number of carbonyl (C=O) groups is 2. The van der Waals surface area contributed by atoms with Crippen molar-refractivity contribution >= 4 is 40.4 Å². The Bertz CT molecular complexity index is 1290. The molecule has 0 radical (unpaired) electrons. The largest absolute Gasteiger partial charge is 0.497 e. The minimum Gasteiger partial charge on any atom is -0.497 e. The first-order chi connectivity index (χ1) is 16.9. The molecule has 1 aliphatic heterocycles. The van der Waals surface area contributed by atoms with Crippen LogP contribution in [0.15, 0.2) is 77.4 Å². The number of ketones is 1. The van der Waals surface area contributed by atoms with Crippen LogP contribution in [-0.4, -0.2) is 29.7 Å². The van der Waals surface area contributed by atoms with Gasteiger partial charge in [-0.05, 0) is 72.9 Å². The number of nitrogens with zero attached hydrogens (tertiary/aromatic N) is 2. The van der Waals surface area contributed by atoms with E-state index in [1.54, 1.807) is 18.1 Å². The molecule has 0 bridgehead atoms. The average Bonchev–Trinajstić information content (AvgIpc) is 3.17. The monoisotopic (exact) mass is 484 g/mol. The van der Waals surface area contributed by atoms with E-state index in [1.807, 2.05) is 74.5 Å². The van der Waals surface area contributed by atoms with Crippen LogP contribution in [0.4, 0.5) is 5.69 Å². The second-order valence-corrected chi connectivity index (χ2v) is 9.39. The molecule has 0 unspecified atom stereocenters. The van der Waals surface area contributed by atoms with E-state index in [9.17, 15) is 9.59 Å².